The van der Waals surface area contributed by atoms with Gasteiger partial charge in [-0.2, -0.15) is 4.31 Å². The number of hydrogen-bond acceptors (Lipinski definition) is 6. The fourth-order valence-electron chi connectivity index (χ4n) is 4.10. The highest BCUT2D eigenvalue weighted by atomic mass is 32.2. The van der Waals surface area contributed by atoms with Crippen LogP contribution in [0.3, 0.4) is 0 Å². The summed E-state index contributed by atoms with van der Waals surface area (Å²) in [6.07, 6.45) is 4.02. The van der Waals surface area contributed by atoms with Crippen LogP contribution >= 0.6 is 0 Å². The molecule has 0 saturated carbocycles. The maximum absolute atomic E-state index is 13.2. The van der Waals surface area contributed by atoms with E-state index in [1.807, 2.05) is 6.92 Å². The monoisotopic (exact) mass is 470 g/mol. The van der Waals surface area contributed by atoms with Gasteiger partial charge in [-0.25, -0.2) is 18.2 Å². The Morgan fingerprint density at radius 1 is 1.21 bits per heavy atom. The molecule has 33 heavy (non-hydrogen) atoms. The van der Waals surface area contributed by atoms with E-state index in [0.29, 0.717) is 28.9 Å². The van der Waals surface area contributed by atoms with Gasteiger partial charge >= 0.3 is 5.69 Å². The van der Waals surface area contributed by atoms with Crippen molar-refractivity contribution in [2.24, 2.45) is 0 Å². The van der Waals surface area contributed by atoms with E-state index in [0.717, 1.165) is 19.3 Å². The minimum atomic E-state index is -3.67. The van der Waals surface area contributed by atoms with E-state index in [-0.39, 0.29) is 17.5 Å². The molecule has 1 fully saturated rings. The summed E-state index contributed by atoms with van der Waals surface area (Å²) in [6, 6.07) is 11.4. The first-order chi connectivity index (χ1) is 15.8. The molecule has 0 aliphatic carbocycles. The van der Waals surface area contributed by atoms with Gasteiger partial charge < -0.3 is 10.1 Å². The van der Waals surface area contributed by atoms with E-state index >= 15 is 0 Å². The number of anilines is 1. The van der Waals surface area contributed by atoms with Gasteiger partial charge in [0.05, 0.1) is 17.5 Å². The second-order valence-corrected chi connectivity index (χ2v) is 9.98. The molecular weight excluding hydrogens is 444 g/mol. The zero-order valence-electron chi connectivity index (χ0n) is 18.5. The van der Waals surface area contributed by atoms with E-state index in [1.54, 1.807) is 30.3 Å². The molecule has 1 atom stereocenters. The lowest BCUT2D eigenvalue weighted by Gasteiger charge is -2.32. The van der Waals surface area contributed by atoms with Crippen LogP contribution in [0.25, 0.3) is 10.9 Å². The number of rotatable bonds is 6. The Morgan fingerprint density at radius 2 is 2.03 bits per heavy atom. The molecule has 1 amide bonds. The molecule has 1 saturated heterocycles. The highest BCUT2D eigenvalue weighted by molar-refractivity contribution is 7.89. The summed E-state index contributed by atoms with van der Waals surface area (Å²) in [5.74, 6) is 0.173. The maximum atomic E-state index is 13.2. The number of ether oxygens (including phenoxy) is 1. The summed E-state index contributed by atoms with van der Waals surface area (Å²) in [6.45, 7) is 2.14. The first kappa shape index (κ1) is 22.9. The summed E-state index contributed by atoms with van der Waals surface area (Å²) < 4.78 is 34.3. The molecule has 174 valence electrons. The van der Waals surface area contributed by atoms with Crippen molar-refractivity contribution in [3.63, 3.8) is 0 Å². The minimum absolute atomic E-state index is 0.0631. The van der Waals surface area contributed by atoms with Crippen LogP contribution in [-0.2, 0) is 21.4 Å². The van der Waals surface area contributed by atoms with Gasteiger partial charge in [0.25, 0.3) is 0 Å². The number of methoxy groups -OCH3 is 1. The van der Waals surface area contributed by atoms with Crippen LogP contribution in [0.5, 0.6) is 5.75 Å². The normalized spacial score (nSPS) is 17.1. The zero-order valence-corrected chi connectivity index (χ0v) is 19.3. The van der Waals surface area contributed by atoms with Crippen molar-refractivity contribution in [3.05, 3.63) is 59.1 Å². The van der Waals surface area contributed by atoms with E-state index in [1.165, 1.54) is 34.3 Å². The number of hydrogen-bond donors (Lipinski definition) is 1. The van der Waals surface area contributed by atoms with Crippen LogP contribution in [0.15, 0.2) is 58.4 Å². The smallest absolute Gasteiger partial charge is 0.348 e. The number of amides is 1. The lowest BCUT2D eigenvalue weighted by Crippen LogP contribution is -2.41. The average Bonchev–Trinajstić information content (AvgIpc) is 2.81. The third kappa shape index (κ3) is 4.76. The number of nitrogens with zero attached hydrogens (tertiary/aromatic N) is 3. The van der Waals surface area contributed by atoms with Crippen molar-refractivity contribution in [2.45, 2.75) is 43.7 Å². The Kier molecular flexibility index (Phi) is 6.48. The number of sulfonamides is 1. The number of carbonyl (C=O) groups is 1. The van der Waals surface area contributed by atoms with Crippen molar-refractivity contribution < 1.29 is 17.9 Å². The van der Waals surface area contributed by atoms with Gasteiger partial charge in [-0.15, -0.1) is 0 Å². The fraction of sp³-hybridized carbons (Fsp3) is 0.348. The Bertz CT molecular complexity index is 1350. The topological polar surface area (TPSA) is 111 Å². The molecule has 2 aromatic carbocycles. The van der Waals surface area contributed by atoms with Gasteiger partial charge in [0, 0.05) is 35.9 Å². The number of nitrogens with one attached hydrogen (secondary N) is 1. The second-order valence-electron chi connectivity index (χ2n) is 8.09. The maximum Gasteiger partial charge on any atom is 0.348 e. The first-order valence-corrected chi connectivity index (χ1v) is 12.2. The summed E-state index contributed by atoms with van der Waals surface area (Å²) in [5, 5.41) is 3.20. The van der Waals surface area contributed by atoms with Crippen LogP contribution in [0, 0.1) is 0 Å². The molecule has 1 aliphatic rings. The average molecular weight is 471 g/mol. The molecule has 1 aliphatic heterocycles. The standard InChI is InChI=1S/C23H26N4O5S/c1-16-6-3-4-11-27(16)33(30,31)20-9-10-21-17(12-20)14-24-23(29)26(21)15-22(28)25-18-7-5-8-19(13-18)32-2/h5,7-10,12-14,16H,3-4,6,11,15H2,1-2H3,(H,25,28). The van der Waals surface area contributed by atoms with Crippen LogP contribution in [0.4, 0.5) is 5.69 Å². The summed E-state index contributed by atoms with van der Waals surface area (Å²) in [7, 11) is -2.14. The molecule has 0 bridgehead atoms. The van der Waals surface area contributed by atoms with Crippen molar-refractivity contribution in [1.29, 1.82) is 0 Å². The molecule has 4 rings (SSSR count). The molecule has 1 N–H and O–H groups in total. The number of carbonyl (C=O) groups excluding carboxylic acids is 1. The third-order valence-corrected chi connectivity index (χ3v) is 7.85. The number of aromatic nitrogens is 2. The van der Waals surface area contributed by atoms with Crippen molar-refractivity contribution in [2.75, 3.05) is 19.0 Å². The Morgan fingerprint density at radius 3 is 2.79 bits per heavy atom. The Hall–Kier alpha value is -3.24. The lowest BCUT2D eigenvalue weighted by molar-refractivity contribution is -0.116. The predicted octanol–water partition coefficient (Wildman–Crippen LogP) is 2.61. The first-order valence-electron chi connectivity index (χ1n) is 10.7. The largest absolute Gasteiger partial charge is 0.497 e. The summed E-state index contributed by atoms with van der Waals surface area (Å²) in [5.41, 5.74) is 0.370. The van der Waals surface area contributed by atoms with E-state index < -0.39 is 21.6 Å². The molecule has 1 unspecified atom stereocenters. The molecule has 10 heteroatoms. The molecule has 0 spiro atoms. The van der Waals surface area contributed by atoms with E-state index in [9.17, 15) is 18.0 Å². The van der Waals surface area contributed by atoms with Crippen molar-refractivity contribution in [1.82, 2.24) is 13.9 Å². The summed E-state index contributed by atoms with van der Waals surface area (Å²) >= 11 is 0. The molecule has 2 heterocycles. The number of benzene rings is 2. The SMILES string of the molecule is COc1cccc(NC(=O)Cn2c(=O)ncc3cc(S(=O)(=O)N4CCCCC4C)ccc32)c1. The van der Waals surface area contributed by atoms with Gasteiger partial charge in [0.15, 0.2) is 0 Å². The van der Waals surface area contributed by atoms with E-state index in [4.69, 9.17) is 4.74 Å². The highest BCUT2D eigenvalue weighted by Crippen LogP contribution is 2.27. The van der Waals surface area contributed by atoms with Crippen molar-refractivity contribution >= 4 is 32.5 Å². The Balaban J connectivity index is 1.62. The number of piperidine rings is 1. The van der Waals surface area contributed by atoms with Crippen LogP contribution in [-0.4, -0.2) is 47.9 Å². The van der Waals surface area contributed by atoms with Gasteiger partial charge in [-0.3, -0.25) is 9.36 Å². The predicted molar refractivity (Wildman–Crippen MR) is 125 cm³/mol. The Labute approximate surface area is 192 Å². The quantitative estimate of drug-likeness (QED) is 0.593. The number of fused-ring (bicyclic) bond motifs is 1. The lowest BCUT2D eigenvalue weighted by atomic mass is 10.1. The van der Waals surface area contributed by atoms with Gasteiger partial charge in [-0.05, 0) is 50.1 Å². The molecule has 1 aromatic heterocycles. The zero-order chi connectivity index (χ0) is 23.6. The van der Waals surface area contributed by atoms with Crippen molar-refractivity contribution in [3.8, 4) is 5.75 Å². The molecule has 3 aromatic rings. The summed E-state index contributed by atoms with van der Waals surface area (Å²) in [4.78, 5) is 29.0. The molecule has 9 nitrogen and oxygen atoms in total. The van der Waals surface area contributed by atoms with Crippen LogP contribution in [0.1, 0.15) is 26.2 Å². The third-order valence-electron chi connectivity index (χ3n) is 5.84. The second kappa shape index (κ2) is 9.32. The van der Waals surface area contributed by atoms with Gasteiger partial charge in [0.2, 0.25) is 15.9 Å². The van der Waals surface area contributed by atoms with Gasteiger partial charge in [0.1, 0.15) is 12.3 Å². The van der Waals surface area contributed by atoms with Gasteiger partial charge in [-0.1, -0.05) is 12.5 Å². The highest BCUT2D eigenvalue weighted by Gasteiger charge is 2.31. The minimum Gasteiger partial charge on any atom is -0.497 e. The molecule has 0 radical (unpaired) electrons. The van der Waals surface area contributed by atoms with Crippen LogP contribution < -0.4 is 15.7 Å². The van der Waals surface area contributed by atoms with Crippen LogP contribution in [0.2, 0.25) is 0 Å². The fourth-order valence-corrected chi connectivity index (χ4v) is 5.84. The molecular formula is C23H26N4O5S. The van der Waals surface area contributed by atoms with E-state index in [2.05, 4.69) is 10.3 Å².